The van der Waals surface area contributed by atoms with Crippen LogP contribution in [0.5, 0.6) is 0 Å². The minimum atomic E-state index is -3.55. The van der Waals surface area contributed by atoms with Crippen molar-refractivity contribution in [3.63, 3.8) is 0 Å². The highest BCUT2D eigenvalue weighted by Gasteiger charge is 2.05. The second-order valence-corrected chi connectivity index (χ2v) is 2.94. The Morgan fingerprint density at radius 1 is 1.67 bits per heavy atom. The van der Waals surface area contributed by atoms with Gasteiger partial charge in [-0.25, -0.2) is 4.18 Å². The van der Waals surface area contributed by atoms with E-state index < -0.39 is 16.9 Å². The molecule has 4 nitrogen and oxygen atoms in total. The zero-order valence-corrected chi connectivity index (χ0v) is 5.60. The molecule has 0 aliphatic rings. The minimum Gasteiger partial charge on any atom is -0.369 e. The molecule has 0 radical (unpaired) electrons. The highest BCUT2D eigenvalue weighted by atomic mass is 32.2. The summed E-state index contributed by atoms with van der Waals surface area (Å²) in [6.07, 6.45) is 1.19. The molecule has 0 heterocycles. The monoisotopic (exact) mass is 152 g/mol. The SMILES string of the molecule is C=CCS(=O)(=O)OCO. The van der Waals surface area contributed by atoms with Gasteiger partial charge >= 0.3 is 0 Å². The molecule has 0 amide bonds. The van der Waals surface area contributed by atoms with E-state index in [2.05, 4.69) is 10.8 Å². The van der Waals surface area contributed by atoms with E-state index in [0.717, 1.165) is 0 Å². The van der Waals surface area contributed by atoms with Crippen molar-refractivity contribution in [2.45, 2.75) is 0 Å². The molecule has 9 heavy (non-hydrogen) atoms. The summed E-state index contributed by atoms with van der Waals surface area (Å²) in [6.45, 7) is 2.38. The molecular formula is C4H8O4S. The zero-order chi connectivity index (χ0) is 7.33. The average Bonchev–Trinajstić information content (AvgIpc) is 1.64. The van der Waals surface area contributed by atoms with Gasteiger partial charge in [0.25, 0.3) is 10.1 Å². The molecule has 5 heteroatoms. The summed E-state index contributed by atoms with van der Waals surface area (Å²) >= 11 is 0. The Bertz CT molecular complexity index is 169. The number of aliphatic hydroxyl groups is 1. The summed E-state index contributed by atoms with van der Waals surface area (Å²) in [5.74, 6) is -0.270. The number of hydrogen-bond acceptors (Lipinski definition) is 4. The zero-order valence-electron chi connectivity index (χ0n) is 4.78. The van der Waals surface area contributed by atoms with Crippen LogP contribution in [0.4, 0.5) is 0 Å². The fourth-order valence-electron chi connectivity index (χ4n) is 0.273. The van der Waals surface area contributed by atoms with E-state index in [1.807, 2.05) is 0 Å². The lowest BCUT2D eigenvalue weighted by molar-refractivity contribution is 0.105. The van der Waals surface area contributed by atoms with Gasteiger partial charge in [-0.3, -0.25) is 0 Å². The van der Waals surface area contributed by atoms with Crippen molar-refractivity contribution in [1.82, 2.24) is 0 Å². The van der Waals surface area contributed by atoms with Crippen LogP contribution in [0, 0.1) is 0 Å². The normalized spacial score (nSPS) is 11.2. The van der Waals surface area contributed by atoms with Gasteiger partial charge in [-0.15, -0.1) is 6.58 Å². The van der Waals surface area contributed by atoms with E-state index >= 15 is 0 Å². The maximum atomic E-state index is 10.4. The predicted molar refractivity (Wildman–Crippen MR) is 32.2 cm³/mol. The van der Waals surface area contributed by atoms with Crippen molar-refractivity contribution in [2.24, 2.45) is 0 Å². The fraction of sp³-hybridized carbons (Fsp3) is 0.500. The second-order valence-electron chi connectivity index (χ2n) is 1.26. The molecule has 0 aliphatic heterocycles. The van der Waals surface area contributed by atoms with Gasteiger partial charge in [-0.2, -0.15) is 8.42 Å². The van der Waals surface area contributed by atoms with E-state index in [-0.39, 0.29) is 5.75 Å². The van der Waals surface area contributed by atoms with E-state index in [1.54, 1.807) is 0 Å². The molecule has 0 rings (SSSR count). The molecular weight excluding hydrogens is 144 g/mol. The molecule has 0 atom stereocenters. The molecule has 0 bridgehead atoms. The predicted octanol–water partition coefficient (Wildman–Crippen LogP) is -0.531. The van der Waals surface area contributed by atoms with Gasteiger partial charge in [-0.05, 0) is 0 Å². The maximum Gasteiger partial charge on any atom is 0.273 e. The van der Waals surface area contributed by atoms with E-state index in [1.165, 1.54) is 6.08 Å². The van der Waals surface area contributed by atoms with Crippen LogP contribution in [0.25, 0.3) is 0 Å². The van der Waals surface area contributed by atoms with Crippen LogP contribution in [0.1, 0.15) is 0 Å². The standard InChI is InChI=1S/C4H8O4S/c1-2-3-9(6,7)8-4-5/h2,5H,1,3-4H2. The van der Waals surface area contributed by atoms with Gasteiger partial charge in [0.15, 0.2) is 6.79 Å². The van der Waals surface area contributed by atoms with Crippen LogP contribution in [-0.2, 0) is 14.3 Å². The van der Waals surface area contributed by atoms with Crippen molar-refractivity contribution < 1.29 is 17.7 Å². The largest absolute Gasteiger partial charge is 0.369 e. The summed E-state index contributed by atoms with van der Waals surface area (Å²) < 4.78 is 24.7. The third kappa shape index (κ3) is 4.14. The summed E-state index contributed by atoms with van der Waals surface area (Å²) in [5, 5.41) is 7.99. The van der Waals surface area contributed by atoms with Gasteiger partial charge in [-0.1, -0.05) is 6.08 Å². The first-order valence-corrected chi connectivity index (χ1v) is 3.79. The molecule has 0 saturated carbocycles. The molecule has 0 aromatic rings. The molecule has 0 saturated heterocycles. The van der Waals surface area contributed by atoms with Crippen molar-refractivity contribution in [3.8, 4) is 0 Å². The van der Waals surface area contributed by atoms with Crippen LogP contribution in [0.15, 0.2) is 12.7 Å². The molecule has 0 aromatic heterocycles. The van der Waals surface area contributed by atoms with Gasteiger partial charge in [0.2, 0.25) is 0 Å². The molecule has 0 aromatic carbocycles. The quantitative estimate of drug-likeness (QED) is 0.334. The highest BCUT2D eigenvalue weighted by molar-refractivity contribution is 7.86. The average molecular weight is 152 g/mol. The van der Waals surface area contributed by atoms with Crippen molar-refractivity contribution >= 4 is 10.1 Å². The summed E-state index contributed by atoms with van der Waals surface area (Å²) in [6, 6.07) is 0. The van der Waals surface area contributed by atoms with E-state index in [9.17, 15) is 8.42 Å². The van der Waals surface area contributed by atoms with Crippen LogP contribution >= 0.6 is 0 Å². The second kappa shape index (κ2) is 3.60. The topological polar surface area (TPSA) is 63.6 Å². The first kappa shape index (κ1) is 8.61. The smallest absolute Gasteiger partial charge is 0.273 e. The number of aliphatic hydroxyl groups excluding tert-OH is 1. The van der Waals surface area contributed by atoms with Gasteiger partial charge in [0.1, 0.15) is 0 Å². The van der Waals surface area contributed by atoms with E-state index in [4.69, 9.17) is 5.11 Å². The van der Waals surface area contributed by atoms with Crippen LogP contribution in [0.2, 0.25) is 0 Å². The minimum absolute atomic E-state index is 0.270. The summed E-state index contributed by atoms with van der Waals surface area (Å²) in [4.78, 5) is 0. The lowest BCUT2D eigenvalue weighted by atomic mass is 10.8. The van der Waals surface area contributed by atoms with E-state index in [0.29, 0.717) is 0 Å². The lowest BCUT2D eigenvalue weighted by Crippen LogP contribution is -2.08. The summed E-state index contributed by atoms with van der Waals surface area (Å²) in [7, 11) is -3.55. The van der Waals surface area contributed by atoms with Crippen molar-refractivity contribution in [1.29, 1.82) is 0 Å². The molecule has 54 valence electrons. The third-order valence-electron chi connectivity index (χ3n) is 0.554. The van der Waals surface area contributed by atoms with Gasteiger partial charge < -0.3 is 5.11 Å². The molecule has 0 spiro atoms. The number of rotatable bonds is 4. The Kier molecular flexibility index (Phi) is 3.44. The maximum absolute atomic E-state index is 10.4. The Balaban J connectivity index is 3.88. The Hall–Kier alpha value is -0.390. The molecule has 0 fully saturated rings. The first-order chi connectivity index (χ1) is 4.12. The third-order valence-corrected chi connectivity index (χ3v) is 1.66. The summed E-state index contributed by atoms with van der Waals surface area (Å²) in [5.41, 5.74) is 0. The lowest BCUT2D eigenvalue weighted by Gasteiger charge is -1.95. The Morgan fingerprint density at radius 3 is 2.56 bits per heavy atom. The van der Waals surface area contributed by atoms with Gasteiger partial charge in [0.05, 0.1) is 5.75 Å². The van der Waals surface area contributed by atoms with Crippen LogP contribution in [-0.4, -0.2) is 26.1 Å². The Morgan fingerprint density at radius 2 is 2.22 bits per heavy atom. The first-order valence-electron chi connectivity index (χ1n) is 2.21. The van der Waals surface area contributed by atoms with Crippen molar-refractivity contribution in [2.75, 3.05) is 12.5 Å². The van der Waals surface area contributed by atoms with Crippen LogP contribution in [0.3, 0.4) is 0 Å². The molecule has 0 unspecified atom stereocenters. The Labute approximate surface area is 53.9 Å². The molecule has 0 aliphatic carbocycles. The van der Waals surface area contributed by atoms with Crippen molar-refractivity contribution in [3.05, 3.63) is 12.7 Å². The molecule has 1 N–H and O–H groups in total. The fourth-order valence-corrected chi connectivity index (χ4v) is 0.818. The number of hydrogen-bond donors (Lipinski definition) is 1. The van der Waals surface area contributed by atoms with Gasteiger partial charge in [0, 0.05) is 0 Å². The highest BCUT2D eigenvalue weighted by Crippen LogP contribution is 1.90. The van der Waals surface area contributed by atoms with Crippen LogP contribution < -0.4 is 0 Å².